The van der Waals surface area contributed by atoms with Crippen molar-refractivity contribution in [3.8, 4) is 17.1 Å². The fourth-order valence-electron chi connectivity index (χ4n) is 3.64. The van der Waals surface area contributed by atoms with Crippen LogP contribution in [-0.2, 0) is 13.2 Å². The highest BCUT2D eigenvalue weighted by Crippen LogP contribution is 2.39. The number of nitrogens with zero attached hydrogens (tertiary/aromatic N) is 2. The minimum Gasteiger partial charge on any atom is -0.488 e. The second-order valence-corrected chi connectivity index (χ2v) is 7.69. The first kappa shape index (κ1) is 20.2. The molecule has 4 rings (SSSR count). The van der Waals surface area contributed by atoms with E-state index >= 15 is 0 Å². The van der Waals surface area contributed by atoms with E-state index < -0.39 is 0 Å². The Balaban J connectivity index is 1.41. The summed E-state index contributed by atoms with van der Waals surface area (Å²) in [5.74, 6) is 2.03. The number of rotatable bonds is 8. The average molecular weight is 409 g/mol. The number of aryl methyl sites for hydroxylation is 1. The molecule has 2 aromatic heterocycles. The molecule has 1 aliphatic rings. The van der Waals surface area contributed by atoms with E-state index in [1.165, 1.54) is 0 Å². The van der Waals surface area contributed by atoms with Crippen LogP contribution < -0.4 is 10.1 Å². The first-order valence-electron chi connectivity index (χ1n) is 10.3. The predicted octanol–water partition coefficient (Wildman–Crippen LogP) is 4.17. The summed E-state index contributed by atoms with van der Waals surface area (Å²) in [5, 5.41) is 7.01. The highest BCUT2D eigenvalue weighted by atomic mass is 16.5. The lowest BCUT2D eigenvalue weighted by molar-refractivity contribution is 0.0930. The van der Waals surface area contributed by atoms with Gasteiger partial charge in [-0.1, -0.05) is 23.7 Å². The molecule has 1 amide bonds. The molecule has 0 bridgehead atoms. The zero-order chi connectivity index (χ0) is 21.1. The number of carbonyl (C=O) groups is 1. The van der Waals surface area contributed by atoms with Gasteiger partial charge in [0.15, 0.2) is 11.5 Å². The summed E-state index contributed by atoms with van der Waals surface area (Å²) < 4.78 is 16.8. The third-order valence-corrected chi connectivity index (χ3v) is 5.59. The van der Waals surface area contributed by atoms with Crippen LogP contribution in [0.1, 0.15) is 47.6 Å². The van der Waals surface area contributed by atoms with Crippen LogP contribution in [0.5, 0.6) is 5.75 Å². The Hall–Kier alpha value is -3.06. The van der Waals surface area contributed by atoms with Crippen LogP contribution in [0.2, 0.25) is 0 Å². The maximum absolute atomic E-state index is 12.8. The van der Waals surface area contributed by atoms with E-state index in [0.29, 0.717) is 42.7 Å². The quantitative estimate of drug-likeness (QED) is 0.602. The molecule has 3 aromatic rings. The van der Waals surface area contributed by atoms with Crippen molar-refractivity contribution in [3.63, 3.8) is 0 Å². The largest absolute Gasteiger partial charge is 0.488 e. The van der Waals surface area contributed by atoms with E-state index in [4.69, 9.17) is 13.7 Å². The molecule has 0 unspecified atom stereocenters. The number of ether oxygens (including phenoxy) is 1. The molecule has 0 saturated carbocycles. The Morgan fingerprint density at radius 2 is 2.20 bits per heavy atom. The zero-order valence-corrected chi connectivity index (χ0v) is 17.6. The van der Waals surface area contributed by atoms with E-state index in [-0.39, 0.29) is 12.5 Å². The number of hydrogen-bond donors (Lipinski definition) is 1. The van der Waals surface area contributed by atoms with E-state index in [1.54, 1.807) is 6.26 Å². The standard InChI is InChI=1S/C23H27N3O4/c1-4-16(3)26(13-17-6-5-11-28-17)10-9-24-23(27)21-19-14-29-20-8-7-15(2)12-18(20)22(19)30-25-21/h5-8,11-12,16H,4,9-10,13-14H2,1-3H3,(H,24,27)/t16-/m0/s1. The van der Waals surface area contributed by atoms with E-state index in [2.05, 4.69) is 29.2 Å². The molecule has 7 heteroatoms. The van der Waals surface area contributed by atoms with E-state index in [1.807, 2.05) is 37.3 Å². The second kappa shape index (κ2) is 8.75. The van der Waals surface area contributed by atoms with Gasteiger partial charge in [0.05, 0.1) is 23.9 Å². The molecule has 0 radical (unpaired) electrons. The van der Waals surface area contributed by atoms with Gasteiger partial charge in [-0.3, -0.25) is 9.69 Å². The first-order chi connectivity index (χ1) is 14.6. The smallest absolute Gasteiger partial charge is 0.273 e. The SMILES string of the molecule is CC[C@H](C)N(CCNC(=O)c1noc2c1COc1ccc(C)cc1-2)Cc1ccco1. The lowest BCUT2D eigenvalue weighted by atomic mass is 10.0. The molecule has 158 valence electrons. The van der Waals surface area contributed by atoms with Crippen LogP contribution in [0, 0.1) is 6.92 Å². The van der Waals surface area contributed by atoms with E-state index in [0.717, 1.165) is 29.1 Å². The average Bonchev–Trinajstić information content (AvgIpc) is 3.42. The van der Waals surface area contributed by atoms with Gasteiger partial charge in [-0.25, -0.2) is 0 Å². The van der Waals surface area contributed by atoms with Crippen LogP contribution >= 0.6 is 0 Å². The van der Waals surface area contributed by atoms with Gasteiger partial charge in [-0.05, 0) is 44.5 Å². The Labute approximate surface area is 176 Å². The third kappa shape index (κ3) is 4.11. The van der Waals surface area contributed by atoms with Gasteiger partial charge >= 0.3 is 0 Å². The monoisotopic (exact) mass is 409 g/mol. The van der Waals surface area contributed by atoms with Gasteiger partial charge in [-0.2, -0.15) is 0 Å². The molecule has 30 heavy (non-hydrogen) atoms. The first-order valence-corrected chi connectivity index (χ1v) is 10.3. The highest BCUT2D eigenvalue weighted by Gasteiger charge is 2.29. The number of amides is 1. The summed E-state index contributed by atoms with van der Waals surface area (Å²) in [6.45, 7) is 8.53. The third-order valence-electron chi connectivity index (χ3n) is 5.59. The second-order valence-electron chi connectivity index (χ2n) is 7.69. The summed E-state index contributed by atoms with van der Waals surface area (Å²) >= 11 is 0. The summed E-state index contributed by atoms with van der Waals surface area (Å²) in [5.41, 5.74) is 2.91. The van der Waals surface area contributed by atoms with Crippen molar-refractivity contribution in [2.75, 3.05) is 13.1 Å². The topological polar surface area (TPSA) is 80.7 Å². The Morgan fingerprint density at radius 1 is 1.33 bits per heavy atom. The fourth-order valence-corrected chi connectivity index (χ4v) is 3.64. The molecule has 1 atom stereocenters. The Morgan fingerprint density at radius 3 is 2.97 bits per heavy atom. The van der Waals surface area contributed by atoms with Crippen LogP contribution in [0.25, 0.3) is 11.3 Å². The molecule has 1 aliphatic heterocycles. The van der Waals surface area contributed by atoms with Crippen molar-refractivity contribution in [2.45, 2.75) is 46.4 Å². The Bertz CT molecular complexity index is 1010. The number of fused-ring (bicyclic) bond motifs is 3. The van der Waals surface area contributed by atoms with Crippen molar-refractivity contribution in [3.05, 3.63) is 59.2 Å². The molecule has 1 aromatic carbocycles. The van der Waals surface area contributed by atoms with Crippen molar-refractivity contribution in [1.29, 1.82) is 0 Å². The Kier molecular flexibility index (Phi) is 5.90. The van der Waals surface area contributed by atoms with Gasteiger partial charge in [0.25, 0.3) is 5.91 Å². The van der Waals surface area contributed by atoms with Crippen molar-refractivity contribution < 1.29 is 18.5 Å². The lowest BCUT2D eigenvalue weighted by Crippen LogP contribution is -2.39. The molecule has 0 fully saturated rings. The highest BCUT2D eigenvalue weighted by molar-refractivity contribution is 5.95. The molecule has 0 saturated heterocycles. The predicted molar refractivity (Wildman–Crippen MR) is 112 cm³/mol. The number of carbonyl (C=O) groups excluding carboxylic acids is 1. The zero-order valence-electron chi connectivity index (χ0n) is 17.6. The molecule has 7 nitrogen and oxygen atoms in total. The maximum atomic E-state index is 12.8. The van der Waals surface area contributed by atoms with Crippen LogP contribution in [0.15, 0.2) is 45.5 Å². The van der Waals surface area contributed by atoms with Gasteiger partial charge < -0.3 is 19.0 Å². The van der Waals surface area contributed by atoms with Crippen molar-refractivity contribution in [2.24, 2.45) is 0 Å². The van der Waals surface area contributed by atoms with Gasteiger partial charge in [0.1, 0.15) is 18.1 Å². The number of benzene rings is 1. The number of furan rings is 1. The van der Waals surface area contributed by atoms with Gasteiger partial charge in [0.2, 0.25) is 0 Å². The lowest BCUT2D eigenvalue weighted by Gasteiger charge is -2.27. The van der Waals surface area contributed by atoms with Gasteiger partial charge in [-0.15, -0.1) is 0 Å². The fraction of sp³-hybridized carbons (Fsp3) is 0.391. The molecule has 3 heterocycles. The van der Waals surface area contributed by atoms with Crippen LogP contribution in [0.4, 0.5) is 0 Å². The summed E-state index contributed by atoms with van der Waals surface area (Å²) in [7, 11) is 0. The van der Waals surface area contributed by atoms with Gasteiger partial charge in [0, 0.05) is 19.1 Å². The number of hydrogen-bond acceptors (Lipinski definition) is 6. The van der Waals surface area contributed by atoms with E-state index in [9.17, 15) is 4.79 Å². The summed E-state index contributed by atoms with van der Waals surface area (Å²) in [6, 6.07) is 10.1. The molecular weight excluding hydrogens is 382 g/mol. The molecule has 1 N–H and O–H groups in total. The maximum Gasteiger partial charge on any atom is 0.273 e. The van der Waals surface area contributed by atoms with Crippen molar-refractivity contribution >= 4 is 5.91 Å². The molecular formula is C23H27N3O4. The number of nitrogens with one attached hydrogen (secondary N) is 1. The molecule has 0 spiro atoms. The number of aromatic nitrogens is 1. The van der Waals surface area contributed by atoms with Crippen LogP contribution in [0.3, 0.4) is 0 Å². The normalized spacial score (nSPS) is 13.5. The molecule has 0 aliphatic carbocycles. The summed E-state index contributed by atoms with van der Waals surface area (Å²) in [6.07, 6.45) is 2.70. The summed E-state index contributed by atoms with van der Waals surface area (Å²) in [4.78, 5) is 15.1. The van der Waals surface area contributed by atoms with Crippen LogP contribution in [-0.4, -0.2) is 35.1 Å². The minimum absolute atomic E-state index is 0.248. The van der Waals surface area contributed by atoms with Crippen molar-refractivity contribution in [1.82, 2.24) is 15.4 Å². The minimum atomic E-state index is -0.248.